The Morgan fingerprint density at radius 1 is 1.17 bits per heavy atom. The SMILES string of the molecule is CC(C)(C)c1nc(N2CCC(F)(F)C2)c2nnn(C(=O)Cc3ccccc3)c2n1. The molecule has 0 N–H and O–H groups in total. The van der Waals surface area contributed by atoms with E-state index in [4.69, 9.17) is 0 Å². The van der Waals surface area contributed by atoms with Crippen LogP contribution in [0, 0.1) is 0 Å². The first-order chi connectivity index (χ1) is 13.6. The van der Waals surface area contributed by atoms with Crippen molar-refractivity contribution in [1.82, 2.24) is 25.0 Å². The number of carbonyl (C=O) groups excluding carboxylic acids is 1. The Balaban J connectivity index is 1.80. The van der Waals surface area contributed by atoms with Crippen LogP contribution in [0.3, 0.4) is 0 Å². The van der Waals surface area contributed by atoms with Crippen LogP contribution in [0.4, 0.5) is 14.6 Å². The van der Waals surface area contributed by atoms with Gasteiger partial charge in [-0.25, -0.2) is 18.7 Å². The van der Waals surface area contributed by atoms with Gasteiger partial charge in [-0.05, 0) is 5.56 Å². The number of aromatic nitrogens is 5. The molecule has 0 atom stereocenters. The zero-order valence-corrected chi connectivity index (χ0v) is 16.6. The summed E-state index contributed by atoms with van der Waals surface area (Å²) in [6.45, 7) is 5.50. The van der Waals surface area contributed by atoms with Crippen LogP contribution in [0.25, 0.3) is 11.2 Å². The molecule has 0 amide bonds. The molecule has 7 nitrogen and oxygen atoms in total. The number of hydrogen-bond acceptors (Lipinski definition) is 6. The molecule has 1 aliphatic rings. The molecule has 1 fully saturated rings. The minimum atomic E-state index is -2.78. The van der Waals surface area contributed by atoms with Gasteiger partial charge in [0, 0.05) is 18.4 Å². The van der Waals surface area contributed by atoms with E-state index in [1.165, 1.54) is 4.90 Å². The lowest BCUT2D eigenvalue weighted by atomic mass is 9.96. The third-order valence-electron chi connectivity index (χ3n) is 4.86. The summed E-state index contributed by atoms with van der Waals surface area (Å²) < 4.78 is 28.8. The van der Waals surface area contributed by atoms with Gasteiger partial charge in [0.15, 0.2) is 17.0 Å². The van der Waals surface area contributed by atoms with Crippen molar-refractivity contribution in [1.29, 1.82) is 0 Å². The molecular formula is C20H22F2N6O. The average molecular weight is 400 g/mol. The van der Waals surface area contributed by atoms with Gasteiger partial charge in [0.1, 0.15) is 5.82 Å². The van der Waals surface area contributed by atoms with Gasteiger partial charge >= 0.3 is 0 Å². The predicted molar refractivity (Wildman–Crippen MR) is 104 cm³/mol. The Bertz CT molecular complexity index is 1060. The van der Waals surface area contributed by atoms with Crippen molar-refractivity contribution in [2.24, 2.45) is 0 Å². The van der Waals surface area contributed by atoms with E-state index in [1.54, 1.807) is 0 Å². The van der Waals surface area contributed by atoms with Crippen molar-refractivity contribution in [2.75, 3.05) is 18.0 Å². The van der Waals surface area contributed by atoms with Crippen LogP contribution in [0.15, 0.2) is 30.3 Å². The summed E-state index contributed by atoms with van der Waals surface area (Å²) >= 11 is 0. The van der Waals surface area contributed by atoms with E-state index in [2.05, 4.69) is 20.3 Å². The van der Waals surface area contributed by atoms with Crippen LogP contribution in [0.5, 0.6) is 0 Å². The van der Waals surface area contributed by atoms with Crippen molar-refractivity contribution in [3.63, 3.8) is 0 Å². The Kier molecular flexibility index (Phi) is 4.55. The first-order valence-electron chi connectivity index (χ1n) is 9.48. The molecule has 0 spiro atoms. The molecule has 1 aliphatic heterocycles. The largest absolute Gasteiger partial charge is 0.348 e. The number of anilines is 1. The second kappa shape index (κ2) is 6.82. The maximum Gasteiger partial charge on any atom is 0.266 e. The fraction of sp³-hybridized carbons (Fsp3) is 0.450. The molecule has 0 bridgehead atoms. The molecular weight excluding hydrogens is 378 g/mol. The molecule has 3 aromatic rings. The van der Waals surface area contributed by atoms with Gasteiger partial charge in [0.2, 0.25) is 0 Å². The van der Waals surface area contributed by atoms with E-state index in [9.17, 15) is 13.6 Å². The third-order valence-corrected chi connectivity index (χ3v) is 4.86. The van der Waals surface area contributed by atoms with Gasteiger partial charge < -0.3 is 4.90 Å². The first kappa shape index (κ1) is 19.4. The smallest absolute Gasteiger partial charge is 0.266 e. The number of alkyl halides is 2. The lowest BCUT2D eigenvalue weighted by molar-refractivity contribution is 0.0256. The predicted octanol–water partition coefficient (Wildman–Crippen LogP) is 3.25. The normalized spacial score (nSPS) is 16.5. The van der Waals surface area contributed by atoms with Crippen molar-refractivity contribution in [3.8, 4) is 0 Å². The number of nitrogens with zero attached hydrogens (tertiary/aromatic N) is 6. The molecule has 29 heavy (non-hydrogen) atoms. The summed E-state index contributed by atoms with van der Waals surface area (Å²) in [6, 6.07) is 9.29. The Labute approximate surface area is 166 Å². The Hall–Kier alpha value is -2.97. The van der Waals surface area contributed by atoms with Crippen molar-refractivity contribution < 1.29 is 13.6 Å². The average Bonchev–Trinajstić information content (AvgIpc) is 3.24. The minimum absolute atomic E-state index is 0.130. The molecule has 152 valence electrons. The monoisotopic (exact) mass is 400 g/mol. The highest BCUT2D eigenvalue weighted by atomic mass is 19.3. The second-order valence-electron chi connectivity index (χ2n) is 8.38. The number of halogens is 2. The van der Waals surface area contributed by atoms with Gasteiger partial charge in [0.25, 0.3) is 11.8 Å². The summed E-state index contributed by atoms with van der Waals surface area (Å²) in [4.78, 5) is 23.4. The third kappa shape index (κ3) is 3.81. The van der Waals surface area contributed by atoms with Gasteiger partial charge in [-0.2, -0.15) is 4.68 Å². The summed E-state index contributed by atoms with van der Waals surface area (Å²) in [7, 11) is 0. The highest BCUT2D eigenvalue weighted by Crippen LogP contribution is 2.34. The molecule has 2 aromatic heterocycles. The summed E-state index contributed by atoms with van der Waals surface area (Å²) in [6.07, 6.45) is -0.115. The van der Waals surface area contributed by atoms with E-state index in [0.29, 0.717) is 11.6 Å². The second-order valence-corrected chi connectivity index (χ2v) is 8.38. The summed E-state index contributed by atoms with van der Waals surface area (Å²) in [5.41, 5.74) is 0.904. The topological polar surface area (TPSA) is 76.8 Å². The van der Waals surface area contributed by atoms with E-state index in [1.807, 2.05) is 51.1 Å². The van der Waals surface area contributed by atoms with Crippen molar-refractivity contribution in [3.05, 3.63) is 41.7 Å². The minimum Gasteiger partial charge on any atom is -0.348 e. The molecule has 0 saturated carbocycles. The molecule has 3 heterocycles. The number of carbonyl (C=O) groups is 1. The summed E-state index contributed by atoms with van der Waals surface area (Å²) in [5.74, 6) is -2.32. The summed E-state index contributed by atoms with van der Waals surface area (Å²) in [5, 5.41) is 8.06. The van der Waals surface area contributed by atoms with E-state index in [-0.39, 0.29) is 36.5 Å². The highest BCUT2D eigenvalue weighted by molar-refractivity contribution is 5.92. The number of fused-ring (bicyclic) bond motifs is 1. The van der Waals surface area contributed by atoms with Crippen LogP contribution in [-0.4, -0.2) is 49.9 Å². The fourth-order valence-corrected chi connectivity index (χ4v) is 3.29. The molecule has 1 aromatic carbocycles. The van der Waals surface area contributed by atoms with Gasteiger partial charge in [-0.3, -0.25) is 4.79 Å². The van der Waals surface area contributed by atoms with Gasteiger partial charge in [0.05, 0.1) is 13.0 Å². The van der Waals surface area contributed by atoms with Crippen LogP contribution in [0.2, 0.25) is 0 Å². The van der Waals surface area contributed by atoms with Crippen LogP contribution in [-0.2, 0) is 11.8 Å². The molecule has 0 unspecified atom stereocenters. The first-order valence-corrected chi connectivity index (χ1v) is 9.48. The van der Waals surface area contributed by atoms with Gasteiger partial charge in [-0.1, -0.05) is 56.3 Å². The van der Waals surface area contributed by atoms with E-state index in [0.717, 1.165) is 10.2 Å². The molecule has 0 aliphatic carbocycles. The maximum absolute atomic E-state index is 13.8. The lowest BCUT2D eigenvalue weighted by Gasteiger charge is -2.22. The quantitative estimate of drug-likeness (QED) is 0.672. The van der Waals surface area contributed by atoms with Crippen molar-refractivity contribution in [2.45, 2.75) is 45.0 Å². The van der Waals surface area contributed by atoms with Crippen LogP contribution in [0.1, 0.15) is 43.4 Å². The maximum atomic E-state index is 13.8. The Morgan fingerprint density at radius 3 is 2.52 bits per heavy atom. The molecule has 1 saturated heterocycles. The molecule has 9 heteroatoms. The number of benzene rings is 1. The van der Waals surface area contributed by atoms with Crippen LogP contribution < -0.4 is 4.90 Å². The van der Waals surface area contributed by atoms with Gasteiger partial charge in [-0.15, -0.1) is 5.10 Å². The Morgan fingerprint density at radius 2 is 1.90 bits per heavy atom. The highest BCUT2D eigenvalue weighted by Gasteiger charge is 2.40. The van der Waals surface area contributed by atoms with E-state index >= 15 is 0 Å². The standard InChI is InChI=1S/C20H22F2N6O/c1-19(2,3)18-23-16(27-10-9-20(21,22)12-27)15-17(24-18)28(26-25-15)14(29)11-13-7-5-4-6-8-13/h4-8H,9-12H2,1-3H3. The van der Waals surface area contributed by atoms with Crippen LogP contribution >= 0.6 is 0 Å². The van der Waals surface area contributed by atoms with E-state index < -0.39 is 17.9 Å². The molecule has 0 radical (unpaired) electrons. The fourth-order valence-electron chi connectivity index (χ4n) is 3.29. The van der Waals surface area contributed by atoms with Crippen molar-refractivity contribution >= 4 is 22.9 Å². The molecule has 4 rings (SSSR count). The number of hydrogen-bond donors (Lipinski definition) is 0. The zero-order chi connectivity index (χ0) is 20.8. The number of rotatable bonds is 3. The zero-order valence-electron chi connectivity index (χ0n) is 16.6. The lowest BCUT2D eigenvalue weighted by Crippen LogP contribution is -2.27.